The zero-order valence-corrected chi connectivity index (χ0v) is 13.0. The van der Waals surface area contributed by atoms with Crippen molar-refractivity contribution in [2.24, 2.45) is 0 Å². The summed E-state index contributed by atoms with van der Waals surface area (Å²) in [5.41, 5.74) is -1.18. The predicted molar refractivity (Wildman–Crippen MR) is 75.2 cm³/mol. The molecule has 0 spiro atoms. The van der Waals surface area contributed by atoms with Crippen molar-refractivity contribution < 1.29 is 13.2 Å². The zero-order valence-electron chi connectivity index (χ0n) is 10.6. The van der Waals surface area contributed by atoms with Crippen LogP contribution in [-0.2, 0) is 14.8 Å². The Morgan fingerprint density at radius 3 is 2.60 bits per heavy atom. The summed E-state index contributed by atoms with van der Waals surface area (Å²) >= 11 is 11.6. The lowest BCUT2D eigenvalue weighted by Gasteiger charge is -2.30. The van der Waals surface area contributed by atoms with Crippen LogP contribution in [0.2, 0.25) is 10.0 Å². The molecule has 1 heterocycles. The minimum Gasteiger partial charge on any atom is -0.378 e. The minimum atomic E-state index is -3.84. The number of sulfonamides is 1. The Hall–Kier alpha value is -0.840. The Balaban J connectivity index is 2.44. The van der Waals surface area contributed by atoms with Crippen molar-refractivity contribution in [3.63, 3.8) is 0 Å². The molecule has 0 aromatic heterocycles. The number of benzene rings is 1. The van der Waals surface area contributed by atoms with Gasteiger partial charge in [-0.1, -0.05) is 23.2 Å². The summed E-state index contributed by atoms with van der Waals surface area (Å²) in [6.07, 6.45) is 0.334. The maximum atomic E-state index is 12.6. The second-order valence-electron chi connectivity index (χ2n) is 4.49. The van der Waals surface area contributed by atoms with Crippen LogP contribution < -0.4 is 0 Å². The molecule has 1 aliphatic rings. The molecule has 0 radical (unpaired) electrons. The molecule has 1 saturated heterocycles. The van der Waals surface area contributed by atoms with Gasteiger partial charge in [0.25, 0.3) is 0 Å². The van der Waals surface area contributed by atoms with E-state index in [1.165, 1.54) is 25.2 Å². The summed E-state index contributed by atoms with van der Waals surface area (Å²) < 4.78 is 31.3. The van der Waals surface area contributed by atoms with Crippen LogP contribution in [0.25, 0.3) is 0 Å². The molecule has 2 rings (SSSR count). The van der Waals surface area contributed by atoms with Crippen LogP contribution in [0.1, 0.15) is 6.42 Å². The van der Waals surface area contributed by atoms with Crippen LogP contribution in [0.5, 0.6) is 0 Å². The van der Waals surface area contributed by atoms with Gasteiger partial charge in [0.15, 0.2) is 0 Å². The highest BCUT2D eigenvalue weighted by molar-refractivity contribution is 7.89. The van der Waals surface area contributed by atoms with Crippen molar-refractivity contribution in [3.05, 3.63) is 28.2 Å². The van der Waals surface area contributed by atoms with Gasteiger partial charge in [-0.15, -0.1) is 0 Å². The van der Waals surface area contributed by atoms with Crippen LogP contribution >= 0.6 is 23.2 Å². The standard InChI is InChI=1S/C12H12Cl2N2O3S/c1-16(12(7-15)4-5-19-8-12)20(17,18)9-2-3-10(13)11(14)6-9/h2-3,6H,4-5,8H2,1H3/t12-/m1/s1. The van der Waals surface area contributed by atoms with E-state index in [-0.39, 0.29) is 21.5 Å². The van der Waals surface area contributed by atoms with E-state index in [9.17, 15) is 13.7 Å². The van der Waals surface area contributed by atoms with Crippen molar-refractivity contribution in [2.45, 2.75) is 16.9 Å². The normalized spacial score (nSPS) is 22.9. The fraction of sp³-hybridized carbons (Fsp3) is 0.417. The highest BCUT2D eigenvalue weighted by Crippen LogP contribution is 2.32. The van der Waals surface area contributed by atoms with E-state index < -0.39 is 15.6 Å². The molecule has 108 valence electrons. The SMILES string of the molecule is CN([C@@]1(C#N)CCOC1)S(=O)(=O)c1ccc(Cl)c(Cl)c1. The quantitative estimate of drug-likeness (QED) is 0.850. The monoisotopic (exact) mass is 334 g/mol. The van der Waals surface area contributed by atoms with Crippen LogP contribution in [0.4, 0.5) is 0 Å². The molecule has 0 bridgehead atoms. The third-order valence-corrected chi connectivity index (χ3v) is 6.02. The summed E-state index contributed by atoms with van der Waals surface area (Å²) in [6.45, 7) is 0.412. The zero-order chi connectivity index (χ0) is 15.0. The molecule has 1 fully saturated rings. The molecule has 0 amide bonds. The van der Waals surface area contributed by atoms with E-state index in [4.69, 9.17) is 27.9 Å². The molecule has 1 aromatic carbocycles. The van der Waals surface area contributed by atoms with Gasteiger partial charge in [0.05, 0.1) is 27.6 Å². The van der Waals surface area contributed by atoms with Crippen LogP contribution in [0.15, 0.2) is 23.1 Å². The summed E-state index contributed by atoms with van der Waals surface area (Å²) in [4.78, 5) is -0.00377. The lowest BCUT2D eigenvalue weighted by atomic mass is 10.0. The molecule has 1 aliphatic heterocycles. The minimum absolute atomic E-state index is 0.00377. The van der Waals surface area contributed by atoms with Crippen molar-refractivity contribution in [1.29, 1.82) is 5.26 Å². The summed E-state index contributed by atoms with van der Waals surface area (Å²) in [7, 11) is -2.47. The van der Waals surface area contributed by atoms with E-state index in [1.807, 2.05) is 6.07 Å². The second-order valence-corrected chi connectivity index (χ2v) is 7.28. The summed E-state index contributed by atoms with van der Waals surface area (Å²) in [5.74, 6) is 0. The van der Waals surface area contributed by atoms with Gasteiger partial charge in [0.1, 0.15) is 5.54 Å². The average Bonchev–Trinajstić information content (AvgIpc) is 2.90. The van der Waals surface area contributed by atoms with E-state index in [1.54, 1.807) is 0 Å². The number of likely N-dealkylation sites (N-methyl/N-ethyl adjacent to an activating group) is 1. The fourth-order valence-corrected chi connectivity index (χ4v) is 3.82. The molecular weight excluding hydrogens is 323 g/mol. The van der Waals surface area contributed by atoms with Crippen LogP contribution in [-0.4, -0.2) is 38.5 Å². The molecule has 0 saturated carbocycles. The first-order chi connectivity index (χ1) is 9.33. The number of ether oxygens (including phenoxy) is 1. The van der Waals surface area contributed by atoms with Crippen molar-refractivity contribution in [2.75, 3.05) is 20.3 Å². The van der Waals surface area contributed by atoms with Gasteiger partial charge in [0, 0.05) is 20.1 Å². The Kier molecular flexibility index (Phi) is 4.28. The molecule has 1 atom stereocenters. The Bertz CT molecular complexity index is 664. The molecular formula is C12H12Cl2N2O3S. The van der Waals surface area contributed by atoms with Crippen molar-refractivity contribution in [3.8, 4) is 6.07 Å². The Labute approximate surface area is 127 Å². The van der Waals surface area contributed by atoms with E-state index in [2.05, 4.69) is 0 Å². The summed E-state index contributed by atoms with van der Waals surface area (Å²) in [6, 6.07) is 6.09. The van der Waals surface area contributed by atoms with E-state index in [0.717, 1.165) is 4.31 Å². The van der Waals surface area contributed by atoms with Crippen molar-refractivity contribution >= 4 is 33.2 Å². The number of nitrogens with zero attached hydrogens (tertiary/aromatic N) is 2. The first-order valence-electron chi connectivity index (χ1n) is 5.76. The average molecular weight is 335 g/mol. The van der Waals surface area contributed by atoms with Gasteiger partial charge in [0.2, 0.25) is 10.0 Å². The smallest absolute Gasteiger partial charge is 0.244 e. The number of nitriles is 1. The number of rotatable bonds is 3. The van der Waals surface area contributed by atoms with Gasteiger partial charge < -0.3 is 4.74 Å². The first-order valence-corrected chi connectivity index (χ1v) is 7.96. The Morgan fingerprint density at radius 2 is 2.10 bits per heavy atom. The highest BCUT2D eigenvalue weighted by Gasteiger charge is 2.45. The lowest BCUT2D eigenvalue weighted by molar-refractivity contribution is 0.162. The van der Waals surface area contributed by atoms with Gasteiger partial charge in [-0.3, -0.25) is 0 Å². The highest BCUT2D eigenvalue weighted by atomic mass is 35.5. The van der Waals surface area contributed by atoms with Crippen LogP contribution in [0.3, 0.4) is 0 Å². The third kappa shape index (κ3) is 2.52. The maximum absolute atomic E-state index is 12.6. The largest absolute Gasteiger partial charge is 0.378 e. The molecule has 1 aromatic rings. The number of hydrogen-bond donors (Lipinski definition) is 0. The number of halogens is 2. The molecule has 0 N–H and O–H groups in total. The van der Waals surface area contributed by atoms with Gasteiger partial charge in [-0.2, -0.15) is 9.57 Å². The predicted octanol–water partition coefficient (Wildman–Crippen LogP) is 2.30. The van der Waals surface area contributed by atoms with Gasteiger partial charge >= 0.3 is 0 Å². The topological polar surface area (TPSA) is 70.4 Å². The van der Waals surface area contributed by atoms with E-state index in [0.29, 0.717) is 13.0 Å². The number of hydrogen-bond acceptors (Lipinski definition) is 4. The van der Waals surface area contributed by atoms with Gasteiger partial charge in [-0.05, 0) is 18.2 Å². The van der Waals surface area contributed by atoms with Gasteiger partial charge in [-0.25, -0.2) is 8.42 Å². The molecule has 20 heavy (non-hydrogen) atoms. The van der Waals surface area contributed by atoms with Crippen molar-refractivity contribution in [1.82, 2.24) is 4.31 Å². The molecule has 5 nitrogen and oxygen atoms in total. The molecule has 8 heteroatoms. The molecule has 0 aliphatic carbocycles. The first kappa shape index (κ1) is 15.5. The van der Waals surface area contributed by atoms with E-state index >= 15 is 0 Å². The third-order valence-electron chi connectivity index (χ3n) is 3.36. The Morgan fingerprint density at radius 1 is 1.40 bits per heavy atom. The maximum Gasteiger partial charge on any atom is 0.244 e. The summed E-state index contributed by atoms with van der Waals surface area (Å²) in [5, 5.41) is 9.73. The fourth-order valence-electron chi connectivity index (χ4n) is 1.99. The second kappa shape index (κ2) is 5.51. The molecule has 0 unspecified atom stereocenters. The van der Waals surface area contributed by atoms with Crippen LogP contribution in [0, 0.1) is 11.3 Å². The lowest BCUT2D eigenvalue weighted by Crippen LogP contribution is -2.49.